The summed E-state index contributed by atoms with van der Waals surface area (Å²) >= 11 is 3.92. The van der Waals surface area contributed by atoms with Gasteiger partial charge in [0.1, 0.15) is 0 Å². The third-order valence-electron chi connectivity index (χ3n) is 3.81. The van der Waals surface area contributed by atoms with Gasteiger partial charge in [0.25, 0.3) is 0 Å². The highest BCUT2D eigenvalue weighted by Crippen LogP contribution is 2.37. The molecule has 16 heavy (non-hydrogen) atoms. The summed E-state index contributed by atoms with van der Waals surface area (Å²) < 4.78 is 0. The Morgan fingerprint density at radius 2 is 1.81 bits per heavy atom. The molecule has 1 aliphatic rings. The first-order chi connectivity index (χ1) is 7.79. The van der Waals surface area contributed by atoms with E-state index in [0.717, 1.165) is 5.92 Å². The molecule has 2 unspecified atom stereocenters. The predicted octanol–water partition coefficient (Wildman–Crippen LogP) is 4.53. The van der Waals surface area contributed by atoms with E-state index in [1.54, 1.807) is 0 Å². The minimum atomic E-state index is 0.589. The van der Waals surface area contributed by atoms with E-state index in [4.69, 9.17) is 0 Å². The smallest absolute Gasteiger partial charge is 0.0270 e. The first kappa shape index (κ1) is 12.1. The van der Waals surface area contributed by atoms with Crippen LogP contribution in [0.15, 0.2) is 24.5 Å². The number of rotatable bonds is 3. The van der Waals surface area contributed by atoms with Gasteiger partial charge >= 0.3 is 0 Å². The number of nitrogens with zero attached hydrogens (tertiary/aromatic N) is 1. The van der Waals surface area contributed by atoms with Crippen molar-refractivity contribution in [2.45, 2.75) is 49.8 Å². The summed E-state index contributed by atoms with van der Waals surface area (Å²) in [5.74, 6) is 1.45. The standard InChI is InChI=1S/C14H20BrN/c1-11(12-7-9-16-10-8-12)14(15)13-5-3-2-4-6-13/h7-11,13-14H,2-6H2,1H3. The molecule has 1 aromatic rings. The van der Waals surface area contributed by atoms with Crippen molar-refractivity contribution in [2.24, 2.45) is 5.92 Å². The van der Waals surface area contributed by atoms with E-state index in [1.807, 2.05) is 12.4 Å². The van der Waals surface area contributed by atoms with E-state index < -0.39 is 0 Å². The molecule has 1 aliphatic carbocycles. The van der Waals surface area contributed by atoms with Gasteiger partial charge in [-0.05, 0) is 42.4 Å². The van der Waals surface area contributed by atoms with Crippen LogP contribution >= 0.6 is 15.9 Å². The molecule has 0 N–H and O–H groups in total. The van der Waals surface area contributed by atoms with E-state index in [-0.39, 0.29) is 0 Å². The van der Waals surface area contributed by atoms with Crippen molar-refractivity contribution in [1.29, 1.82) is 0 Å². The lowest BCUT2D eigenvalue weighted by Crippen LogP contribution is -2.22. The Morgan fingerprint density at radius 1 is 1.19 bits per heavy atom. The highest BCUT2D eigenvalue weighted by atomic mass is 79.9. The Labute approximate surface area is 107 Å². The zero-order valence-electron chi connectivity index (χ0n) is 9.90. The van der Waals surface area contributed by atoms with E-state index in [9.17, 15) is 0 Å². The Balaban J connectivity index is 2.00. The molecule has 1 fully saturated rings. The molecule has 2 rings (SSSR count). The van der Waals surface area contributed by atoms with Crippen molar-refractivity contribution in [3.8, 4) is 0 Å². The van der Waals surface area contributed by atoms with Crippen LogP contribution < -0.4 is 0 Å². The first-order valence-corrected chi connectivity index (χ1v) is 7.24. The summed E-state index contributed by atoms with van der Waals surface area (Å²) in [4.78, 5) is 4.70. The summed E-state index contributed by atoms with van der Waals surface area (Å²) in [6, 6.07) is 4.28. The molecule has 88 valence electrons. The molecule has 1 heterocycles. The maximum absolute atomic E-state index is 4.08. The van der Waals surface area contributed by atoms with Crippen molar-refractivity contribution in [3.63, 3.8) is 0 Å². The molecule has 1 aromatic heterocycles. The fourth-order valence-corrected chi connectivity index (χ4v) is 3.55. The fraction of sp³-hybridized carbons (Fsp3) is 0.643. The highest BCUT2D eigenvalue weighted by Gasteiger charge is 2.26. The highest BCUT2D eigenvalue weighted by molar-refractivity contribution is 9.09. The number of hydrogen-bond acceptors (Lipinski definition) is 1. The van der Waals surface area contributed by atoms with Gasteiger partial charge in [0, 0.05) is 17.2 Å². The minimum Gasteiger partial charge on any atom is -0.265 e. The molecule has 0 aromatic carbocycles. The summed E-state index contributed by atoms with van der Waals surface area (Å²) in [5.41, 5.74) is 1.41. The number of halogens is 1. The molecule has 0 bridgehead atoms. The van der Waals surface area contributed by atoms with E-state index >= 15 is 0 Å². The molecule has 1 nitrogen and oxygen atoms in total. The van der Waals surface area contributed by atoms with E-state index in [0.29, 0.717) is 10.7 Å². The lowest BCUT2D eigenvalue weighted by atomic mass is 9.81. The van der Waals surface area contributed by atoms with Gasteiger partial charge in [-0.25, -0.2) is 0 Å². The first-order valence-electron chi connectivity index (χ1n) is 6.33. The van der Waals surface area contributed by atoms with Crippen molar-refractivity contribution in [3.05, 3.63) is 30.1 Å². The maximum Gasteiger partial charge on any atom is 0.0270 e. The number of aromatic nitrogens is 1. The molecule has 0 saturated heterocycles. The van der Waals surface area contributed by atoms with E-state index in [1.165, 1.54) is 37.7 Å². The zero-order chi connectivity index (χ0) is 11.4. The Morgan fingerprint density at radius 3 is 2.44 bits per heavy atom. The van der Waals surface area contributed by atoms with Crippen LogP contribution in [0.25, 0.3) is 0 Å². The third-order valence-corrected chi connectivity index (χ3v) is 5.35. The van der Waals surface area contributed by atoms with Crippen molar-refractivity contribution in [1.82, 2.24) is 4.98 Å². The summed E-state index contributed by atoms with van der Waals surface area (Å²) in [7, 11) is 0. The van der Waals surface area contributed by atoms with Crippen LogP contribution in [0.3, 0.4) is 0 Å². The van der Waals surface area contributed by atoms with Crippen molar-refractivity contribution < 1.29 is 0 Å². The van der Waals surface area contributed by atoms with Crippen LogP contribution in [0.5, 0.6) is 0 Å². The quantitative estimate of drug-likeness (QED) is 0.742. The number of hydrogen-bond donors (Lipinski definition) is 0. The van der Waals surface area contributed by atoms with Crippen LogP contribution in [-0.4, -0.2) is 9.81 Å². The average molecular weight is 282 g/mol. The maximum atomic E-state index is 4.08. The van der Waals surface area contributed by atoms with Crippen molar-refractivity contribution in [2.75, 3.05) is 0 Å². The van der Waals surface area contributed by atoms with Crippen LogP contribution in [-0.2, 0) is 0 Å². The summed E-state index contributed by atoms with van der Waals surface area (Å²) in [6.45, 7) is 2.32. The van der Waals surface area contributed by atoms with Gasteiger partial charge in [-0.15, -0.1) is 0 Å². The minimum absolute atomic E-state index is 0.589. The molecular weight excluding hydrogens is 262 g/mol. The number of alkyl halides is 1. The molecule has 0 radical (unpaired) electrons. The van der Waals surface area contributed by atoms with Gasteiger partial charge < -0.3 is 0 Å². The summed E-state index contributed by atoms with van der Waals surface area (Å²) in [5, 5.41) is 0. The Kier molecular flexibility index (Phi) is 4.39. The van der Waals surface area contributed by atoms with E-state index in [2.05, 4.69) is 40.0 Å². The predicted molar refractivity (Wildman–Crippen MR) is 71.9 cm³/mol. The van der Waals surface area contributed by atoms with Crippen LogP contribution in [0.2, 0.25) is 0 Å². The summed E-state index contributed by atoms with van der Waals surface area (Å²) in [6.07, 6.45) is 10.8. The molecule has 0 spiro atoms. The molecule has 2 atom stereocenters. The second kappa shape index (κ2) is 5.81. The topological polar surface area (TPSA) is 12.9 Å². The fourth-order valence-electron chi connectivity index (χ4n) is 2.71. The molecule has 1 saturated carbocycles. The Hall–Kier alpha value is -0.370. The van der Waals surface area contributed by atoms with Crippen LogP contribution in [0, 0.1) is 5.92 Å². The largest absolute Gasteiger partial charge is 0.265 e. The average Bonchev–Trinajstić information content (AvgIpc) is 2.39. The van der Waals surface area contributed by atoms with Gasteiger partial charge in [-0.1, -0.05) is 42.1 Å². The third kappa shape index (κ3) is 2.85. The molecule has 0 amide bonds. The normalized spacial score (nSPS) is 21.6. The van der Waals surface area contributed by atoms with Crippen LogP contribution in [0.4, 0.5) is 0 Å². The van der Waals surface area contributed by atoms with Gasteiger partial charge in [0.2, 0.25) is 0 Å². The molecule has 2 heteroatoms. The van der Waals surface area contributed by atoms with Gasteiger partial charge in [0.15, 0.2) is 0 Å². The van der Waals surface area contributed by atoms with Crippen LogP contribution in [0.1, 0.15) is 50.5 Å². The van der Waals surface area contributed by atoms with Crippen molar-refractivity contribution >= 4 is 15.9 Å². The second-order valence-electron chi connectivity index (χ2n) is 4.91. The number of pyridine rings is 1. The monoisotopic (exact) mass is 281 g/mol. The molecule has 0 aliphatic heterocycles. The molecular formula is C14H20BrN. The Bertz CT molecular complexity index is 306. The lowest BCUT2D eigenvalue weighted by Gasteiger charge is -2.30. The van der Waals surface area contributed by atoms with Gasteiger partial charge in [-0.3, -0.25) is 4.98 Å². The zero-order valence-corrected chi connectivity index (χ0v) is 11.5. The lowest BCUT2D eigenvalue weighted by molar-refractivity contribution is 0.335. The second-order valence-corrected chi connectivity index (χ2v) is 5.97. The van der Waals surface area contributed by atoms with Gasteiger partial charge in [-0.2, -0.15) is 0 Å². The SMILES string of the molecule is CC(c1ccncc1)C(Br)C1CCCCC1. The van der Waals surface area contributed by atoms with Gasteiger partial charge in [0.05, 0.1) is 0 Å².